The number of nitrogens with zero attached hydrogens (tertiary/aromatic N) is 2. The number of nitrogens with one attached hydrogen (secondary N) is 6. The van der Waals surface area contributed by atoms with E-state index in [4.69, 9.17) is 4.74 Å². The minimum atomic E-state index is -1.33. The molecule has 0 saturated carbocycles. The third-order valence-corrected chi connectivity index (χ3v) is 15.0. The molecule has 0 heterocycles. The third kappa shape index (κ3) is 20.0. The van der Waals surface area contributed by atoms with E-state index < -0.39 is 95.0 Å². The number of rotatable bonds is 30. The summed E-state index contributed by atoms with van der Waals surface area (Å²) in [7, 11) is 3.23. The number of hydrogen-bond acceptors (Lipinski definition) is 11. The van der Waals surface area contributed by atoms with Crippen LogP contribution in [0, 0.1) is 17.3 Å². The maximum atomic E-state index is 14.2. The molecule has 1 unspecified atom stereocenters. The first-order valence-electron chi connectivity index (χ1n) is 28.9. The van der Waals surface area contributed by atoms with Crippen molar-refractivity contribution in [2.75, 3.05) is 29.6 Å². The van der Waals surface area contributed by atoms with E-state index in [2.05, 4.69) is 38.5 Å². The fraction of sp³-hybridized carbons (Fsp3) is 0.439. The van der Waals surface area contributed by atoms with Gasteiger partial charge in [0.2, 0.25) is 35.4 Å². The van der Waals surface area contributed by atoms with Crippen LogP contribution in [0.4, 0.5) is 21.9 Å². The Hall–Kier alpha value is -8.65. The van der Waals surface area contributed by atoms with Crippen LogP contribution in [0.25, 0.3) is 6.08 Å². The van der Waals surface area contributed by atoms with Crippen molar-refractivity contribution >= 4 is 76.6 Å². The minimum absolute atomic E-state index is 0.0965. The second-order valence-electron chi connectivity index (χ2n) is 23.7. The number of ether oxygens (including phenoxy) is 1. The number of carbonyl (C=O) groups excluding carboxylic acids is 7. The van der Waals surface area contributed by atoms with Gasteiger partial charge in [-0.05, 0) is 102 Å². The zero-order valence-corrected chi connectivity index (χ0v) is 52.0. The van der Waals surface area contributed by atoms with Crippen molar-refractivity contribution in [3.05, 3.63) is 143 Å². The van der Waals surface area contributed by atoms with Crippen molar-refractivity contribution in [3.63, 3.8) is 0 Å². The highest BCUT2D eigenvalue weighted by Crippen LogP contribution is 2.32. The van der Waals surface area contributed by atoms with E-state index in [0.29, 0.717) is 28.2 Å². The molecule has 0 aromatic heterocycles. The van der Waals surface area contributed by atoms with E-state index in [0.717, 1.165) is 23.1 Å². The summed E-state index contributed by atoms with van der Waals surface area (Å²) in [5.74, 6) is -6.06. The van der Waals surface area contributed by atoms with Crippen molar-refractivity contribution in [1.82, 2.24) is 26.2 Å². The van der Waals surface area contributed by atoms with Gasteiger partial charge in [-0.25, -0.2) is 9.59 Å². The number of likely N-dealkylation sites (N-methyl/N-ethyl adjacent to an activating group) is 2. The molecule has 7 amide bonds. The Labute approximate surface area is 506 Å². The molecule has 20 heteroatoms. The summed E-state index contributed by atoms with van der Waals surface area (Å²) in [5, 5.41) is 36.0. The maximum absolute atomic E-state index is 14.2. The van der Waals surface area contributed by atoms with Crippen molar-refractivity contribution in [2.24, 2.45) is 17.3 Å². The third-order valence-electron chi connectivity index (χ3n) is 15.0. The molecule has 0 saturated heterocycles. The summed E-state index contributed by atoms with van der Waals surface area (Å²) in [6.07, 6.45) is 2.02. The van der Waals surface area contributed by atoms with Gasteiger partial charge in [0.25, 0.3) is 0 Å². The lowest BCUT2D eigenvalue weighted by Crippen LogP contribution is -2.61. The number of aryl methyl sites for hydroxylation is 1. The van der Waals surface area contributed by atoms with E-state index in [-0.39, 0.29) is 55.7 Å². The zero-order valence-electron chi connectivity index (χ0n) is 52.0. The molecule has 0 fully saturated rings. The molecular formula is C66H88N8O12. The lowest BCUT2D eigenvalue weighted by molar-refractivity contribution is -0.141. The lowest BCUT2D eigenvalue weighted by Gasteiger charge is -2.40. The largest absolute Gasteiger partial charge is 0.481 e. The van der Waals surface area contributed by atoms with Crippen molar-refractivity contribution in [3.8, 4) is 0 Å². The highest BCUT2D eigenvalue weighted by molar-refractivity contribution is 6.00. The number of amides is 7. The molecular weight excluding hydrogens is 1100 g/mol. The Balaban J connectivity index is 1.38. The Bertz CT molecular complexity index is 3090. The van der Waals surface area contributed by atoms with Gasteiger partial charge in [0.1, 0.15) is 24.7 Å². The molecule has 0 aliphatic rings. The van der Waals surface area contributed by atoms with Gasteiger partial charge >= 0.3 is 18.0 Å². The van der Waals surface area contributed by atoms with E-state index >= 15 is 0 Å². The molecule has 4 aromatic carbocycles. The zero-order chi connectivity index (χ0) is 64.2. The van der Waals surface area contributed by atoms with E-state index in [1.807, 2.05) is 110 Å². The number of aliphatic carboxylic acids is 2. The number of hydrogen-bond donors (Lipinski definition) is 8. The smallest absolute Gasteiger partial charge is 0.411 e. The van der Waals surface area contributed by atoms with Crippen molar-refractivity contribution in [2.45, 2.75) is 157 Å². The Kier molecular flexibility index (Phi) is 26.0. The van der Waals surface area contributed by atoms with E-state index in [9.17, 15) is 53.4 Å². The summed E-state index contributed by atoms with van der Waals surface area (Å²) < 4.78 is 5.53. The minimum Gasteiger partial charge on any atom is -0.481 e. The summed E-state index contributed by atoms with van der Waals surface area (Å²) >= 11 is 0. The molecule has 0 aliphatic heterocycles. The van der Waals surface area contributed by atoms with Gasteiger partial charge in [-0.15, -0.1) is 0 Å². The Morgan fingerprint density at radius 2 is 1.34 bits per heavy atom. The van der Waals surface area contributed by atoms with Crippen LogP contribution in [-0.2, 0) is 68.1 Å². The number of carboxylic acids is 2. The molecule has 0 bridgehead atoms. The second kappa shape index (κ2) is 32.0. The van der Waals surface area contributed by atoms with Crippen LogP contribution in [0.3, 0.4) is 0 Å². The number of carboxylic acid groups (broad SMARTS) is 2. The van der Waals surface area contributed by atoms with Crippen LogP contribution in [0.1, 0.15) is 130 Å². The van der Waals surface area contributed by atoms with Crippen LogP contribution < -0.4 is 36.8 Å². The molecule has 5 atom stereocenters. The van der Waals surface area contributed by atoms with Crippen LogP contribution in [0.2, 0.25) is 0 Å². The first-order valence-corrected chi connectivity index (χ1v) is 28.9. The van der Waals surface area contributed by atoms with Gasteiger partial charge in [-0.2, -0.15) is 0 Å². The molecule has 4 aromatic rings. The van der Waals surface area contributed by atoms with Gasteiger partial charge in [0.05, 0.1) is 24.3 Å². The van der Waals surface area contributed by atoms with Crippen molar-refractivity contribution < 1.29 is 58.1 Å². The van der Waals surface area contributed by atoms with Crippen LogP contribution >= 0.6 is 0 Å². The topological polar surface area (TPSA) is 282 Å². The predicted molar refractivity (Wildman–Crippen MR) is 334 cm³/mol. The standard InChI is InChI=1S/C66H88N8O12/c1-15-44-22-17-18-24-46(44)38-74(51-27-20-19-23-45(51)16-2)54(76)34-33-53(75)71-56(41(5)6)60(80)70-50(32-35-55(77)78)59(79)68-48-30-28-43(29-31-48)39-86-64(85)69-49-26-21-25-47(37-49)66(11,12)57(67-13)61(81)72-58(65(8,9)10)62(82)73(14)52(40(3)4)36-42(7)63(83)84/h16-31,36-37,40-41,50,52,56-58,67H,2,15,32-35,38-39H2,1,3-14H3,(H,68,79)(H,69,85)(H,70,80)(H,71,75)(H,72,81)(H,77,78)(H,83,84)/b42-36+/t50-,52+,56-,57?,58+/m0/s1. The van der Waals surface area contributed by atoms with Gasteiger partial charge in [-0.1, -0.05) is 155 Å². The molecule has 0 spiro atoms. The van der Waals surface area contributed by atoms with Gasteiger partial charge < -0.3 is 51.3 Å². The average molecular weight is 1190 g/mol. The van der Waals surface area contributed by atoms with Gasteiger partial charge in [-0.3, -0.25) is 38.9 Å². The fourth-order valence-electron chi connectivity index (χ4n) is 9.88. The lowest BCUT2D eigenvalue weighted by atomic mass is 9.76. The second-order valence-corrected chi connectivity index (χ2v) is 23.7. The first-order chi connectivity index (χ1) is 40.4. The summed E-state index contributed by atoms with van der Waals surface area (Å²) in [5.41, 5.74) is 3.74. The quantitative estimate of drug-likeness (QED) is 0.0227. The molecule has 464 valence electrons. The molecule has 20 nitrogen and oxygen atoms in total. The number of benzene rings is 4. The highest BCUT2D eigenvalue weighted by atomic mass is 16.5. The normalized spacial score (nSPS) is 13.5. The Morgan fingerprint density at radius 1 is 0.698 bits per heavy atom. The molecule has 86 heavy (non-hydrogen) atoms. The van der Waals surface area contributed by atoms with Gasteiger partial charge in [0.15, 0.2) is 0 Å². The Morgan fingerprint density at radius 3 is 1.92 bits per heavy atom. The number of para-hydroxylation sites is 1. The predicted octanol–water partition coefficient (Wildman–Crippen LogP) is 8.99. The average Bonchev–Trinajstić information content (AvgIpc) is 3.31. The van der Waals surface area contributed by atoms with E-state index in [1.165, 1.54) is 11.8 Å². The number of carbonyl (C=O) groups is 9. The van der Waals surface area contributed by atoms with Crippen LogP contribution in [0.5, 0.6) is 0 Å². The van der Waals surface area contributed by atoms with Crippen LogP contribution in [-0.4, -0.2) is 113 Å². The summed E-state index contributed by atoms with van der Waals surface area (Å²) in [6.45, 7) is 23.9. The van der Waals surface area contributed by atoms with Crippen molar-refractivity contribution in [1.29, 1.82) is 0 Å². The molecule has 0 aliphatic carbocycles. The molecule has 4 rings (SSSR count). The molecule has 0 radical (unpaired) electrons. The highest BCUT2D eigenvalue weighted by Gasteiger charge is 2.42. The molecule has 8 N–H and O–H groups in total. The SMILES string of the molecule is C=Cc1ccccc1N(Cc1ccccc1CC)C(=O)CCC(=O)N[C@H](C(=O)N[C@@H](CCC(=O)O)C(=O)Nc1ccc(COC(=O)Nc2cccc(C(C)(C)C(NC)C(=O)N[C@H](C(=O)N(C)[C@H](/C=C(\C)C(=O)O)C(C)C)C(C)(C)C)c2)cc1)C(C)C. The van der Waals surface area contributed by atoms with Gasteiger partial charge in [0, 0.05) is 48.7 Å². The van der Waals surface area contributed by atoms with Crippen LogP contribution in [0.15, 0.2) is 115 Å². The summed E-state index contributed by atoms with van der Waals surface area (Å²) in [4.78, 5) is 123. The summed E-state index contributed by atoms with van der Waals surface area (Å²) in [6, 6.07) is 23.5. The monoisotopic (exact) mass is 1180 g/mol. The number of anilines is 3. The maximum Gasteiger partial charge on any atom is 0.411 e. The van der Waals surface area contributed by atoms with E-state index in [1.54, 1.807) is 87.5 Å². The fourth-order valence-corrected chi connectivity index (χ4v) is 9.88. The first kappa shape index (κ1) is 69.8.